The fraction of sp³-hybridized carbons (Fsp3) is 0.522. The number of alkyl halides is 6. The summed E-state index contributed by atoms with van der Waals surface area (Å²) in [6, 6.07) is 0.612. The molecule has 0 spiro atoms. The van der Waals surface area contributed by atoms with Crippen LogP contribution in [0, 0.1) is 5.92 Å². The summed E-state index contributed by atoms with van der Waals surface area (Å²) in [5, 5.41) is 0. The van der Waals surface area contributed by atoms with Gasteiger partial charge < -0.3 is 15.4 Å². The van der Waals surface area contributed by atoms with Gasteiger partial charge in [-0.1, -0.05) is 0 Å². The van der Waals surface area contributed by atoms with Crippen LogP contribution in [0.5, 0.6) is 0 Å². The number of carbonyl (C=O) groups excluding carboxylic acids is 2. The van der Waals surface area contributed by atoms with E-state index >= 15 is 0 Å². The molecule has 2 saturated heterocycles. The van der Waals surface area contributed by atoms with E-state index < -0.39 is 41.5 Å². The van der Waals surface area contributed by atoms with Gasteiger partial charge in [0.25, 0.3) is 0 Å². The van der Waals surface area contributed by atoms with Crippen LogP contribution in [-0.2, 0) is 28.3 Å². The maximum atomic E-state index is 13.7. The Morgan fingerprint density at radius 3 is 2.11 bits per heavy atom. The number of nitrogens with two attached hydrogens (primary N) is 1. The normalized spacial score (nSPS) is 21.0. The monoisotopic (exact) mass is 533 g/mol. The van der Waals surface area contributed by atoms with Crippen molar-refractivity contribution >= 4 is 12.5 Å². The number of ether oxygens (including phenoxy) is 1. The van der Waals surface area contributed by atoms with Crippen molar-refractivity contribution in [3.8, 4) is 11.3 Å². The molecule has 202 valence electrons. The number of aromatic nitrogens is 3. The van der Waals surface area contributed by atoms with Gasteiger partial charge in [0.2, 0.25) is 12.2 Å². The molecule has 1 saturated carbocycles. The third-order valence-electron chi connectivity index (χ3n) is 5.97. The van der Waals surface area contributed by atoms with E-state index in [1.807, 2.05) is 0 Å². The summed E-state index contributed by atoms with van der Waals surface area (Å²) in [5.41, 5.74) is 2.40. The van der Waals surface area contributed by atoms with Crippen molar-refractivity contribution in [1.82, 2.24) is 19.9 Å². The molecule has 0 aromatic carbocycles. The van der Waals surface area contributed by atoms with E-state index in [1.165, 1.54) is 11.0 Å². The van der Waals surface area contributed by atoms with E-state index in [1.54, 1.807) is 20.8 Å². The summed E-state index contributed by atoms with van der Waals surface area (Å²) in [5.74, 6) is -1.31. The number of halogens is 6. The Kier molecular flexibility index (Phi) is 7.70. The average Bonchev–Trinajstić information content (AvgIpc) is 3.26. The highest BCUT2D eigenvalue weighted by atomic mass is 19.4. The lowest BCUT2D eigenvalue weighted by molar-refractivity contribution is -0.145. The van der Waals surface area contributed by atoms with Crippen molar-refractivity contribution < 1.29 is 40.7 Å². The van der Waals surface area contributed by atoms with Crippen LogP contribution in [0.25, 0.3) is 11.3 Å². The first kappa shape index (κ1) is 28.1. The number of carbonyl (C=O) groups is 2. The van der Waals surface area contributed by atoms with E-state index in [4.69, 9.17) is 9.53 Å². The first-order valence-electron chi connectivity index (χ1n) is 11.2. The molecule has 1 unspecified atom stereocenters. The Morgan fingerprint density at radius 2 is 1.62 bits per heavy atom. The number of pyridine rings is 1. The second kappa shape index (κ2) is 10.1. The lowest BCUT2D eigenvalue weighted by atomic mass is 9.81. The maximum absolute atomic E-state index is 13.7. The van der Waals surface area contributed by atoms with Gasteiger partial charge in [-0.3, -0.25) is 9.78 Å². The molecule has 2 aromatic heterocycles. The van der Waals surface area contributed by atoms with Gasteiger partial charge in [-0.15, -0.1) is 0 Å². The SMILES string of the molecule is CC(C)(C)OC(=O)N1C2CC(C2)C1Cc1cc(-c2cnc(C(F)(F)F)nc2)ncc1C(F)(F)F.NC=O. The minimum Gasteiger partial charge on any atom is -0.444 e. The summed E-state index contributed by atoms with van der Waals surface area (Å²) in [6.07, 6.45) is -6.08. The van der Waals surface area contributed by atoms with E-state index in [0.29, 0.717) is 19.0 Å². The van der Waals surface area contributed by atoms with Crippen molar-refractivity contribution in [2.75, 3.05) is 0 Å². The lowest BCUT2D eigenvalue weighted by Crippen LogP contribution is -2.42. The predicted molar refractivity (Wildman–Crippen MR) is 118 cm³/mol. The molecule has 0 radical (unpaired) electrons. The van der Waals surface area contributed by atoms with Crippen molar-refractivity contribution in [3.63, 3.8) is 0 Å². The van der Waals surface area contributed by atoms with Gasteiger partial charge in [0.15, 0.2) is 0 Å². The van der Waals surface area contributed by atoms with E-state index in [0.717, 1.165) is 12.4 Å². The number of amides is 2. The van der Waals surface area contributed by atoms with Gasteiger partial charge in [0.1, 0.15) is 5.60 Å². The largest absolute Gasteiger partial charge is 0.451 e. The second-order valence-corrected chi connectivity index (χ2v) is 9.70. The van der Waals surface area contributed by atoms with Gasteiger partial charge in [-0.05, 0) is 57.6 Å². The van der Waals surface area contributed by atoms with Crippen LogP contribution in [0.3, 0.4) is 0 Å². The van der Waals surface area contributed by atoms with Crippen molar-refractivity contribution in [1.29, 1.82) is 0 Å². The highest BCUT2D eigenvalue weighted by molar-refractivity contribution is 5.70. The Labute approximate surface area is 208 Å². The molecule has 5 rings (SSSR count). The molecule has 1 aliphatic carbocycles. The minimum atomic E-state index is -4.74. The van der Waals surface area contributed by atoms with Gasteiger partial charge >= 0.3 is 18.4 Å². The first-order chi connectivity index (χ1) is 17.0. The molecule has 2 bridgehead atoms. The number of hydrogen-bond donors (Lipinski definition) is 1. The zero-order chi connectivity index (χ0) is 27.8. The van der Waals surface area contributed by atoms with Crippen LogP contribution in [0.1, 0.15) is 50.6 Å². The van der Waals surface area contributed by atoms with Gasteiger partial charge in [0, 0.05) is 36.2 Å². The quantitative estimate of drug-likeness (QED) is 0.456. The highest BCUT2D eigenvalue weighted by Crippen LogP contribution is 2.48. The molecule has 3 fully saturated rings. The van der Waals surface area contributed by atoms with E-state index in [2.05, 4.69) is 20.7 Å². The maximum Gasteiger partial charge on any atom is 0.451 e. The molecule has 14 heteroatoms. The Balaban J connectivity index is 0.00000121. The fourth-order valence-corrected chi connectivity index (χ4v) is 4.44. The topological polar surface area (TPSA) is 111 Å². The van der Waals surface area contributed by atoms with E-state index in [-0.39, 0.29) is 41.6 Å². The highest BCUT2D eigenvalue weighted by Gasteiger charge is 2.54. The summed E-state index contributed by atoms with van der Waals surface area (Å²) in [6.45, 7) is 5.14. The Morgan fingerprint density at radius 1 is 1.05 bits per heavy atom. The average molecular weight is 533 g/mol. The van der Waals surface area contributed by atoms with Crippen LogP contribution < -0.4 is 5.73 Å². The molecule has 2 aliphatic heterocycles. The van der Waals surface area contributed by atoms with Gasteiger partial charge in [-0.2, -0.15) is 26.3 Å². The molecule has 37 heavy (non-hydrogen) atoms. The Hall–Kier alpha value is -3.45. The van der Waals surface area contributed by atoms with Crippen molar-refractivity contribution in [2.45, 2.75) is 70.1 Å². The summed E-state index contributed by atoms with van der Waals surface area (Å²) < 4.78 is 84.9. The lowest BCUT2D eigenvalue weighted by Gasteiger charge is -2.30. The number of primary amides is 1. The number of rotatable bonds is 3. The summed E-state index contributed by atoms with van der Waals surface area (Å²) in [4.78, 5) is 33.1. The van der Waals surface area contributed by atoms with Crippen molar-refractivity contribution in [3.05, 3.63) is 41.6 Å². The first-order valence-corrected chi connectivity index (χ1v) is 11.2. The third-order valence-corrected chi connectivity index (χ3v) is 5.97. The number of hydrogen-bond acceptors (Lipinski definition) is 6. The van der Waals surface area contributed by atoms with Crippen LogP contribution >= 0.6 is 0 Å². The summed E-state index contributed by atoms with van der Waals surface area (Å²) in [7, 11) is 0. The third kappa shape index (κ3) is 6.46. The molecule has 4 heterocycles. The van der Waals surface area contributed by atoms with Crippen LogP contribution in [-0.4, -0.2) is 50.0 Å². The Bertz CT molecular complexity index is 1130. The van der Waals surface area contributed by atoms with Crippen molar-refractivity contribution in [2.24, 2.45) is 11.7 Å². The summed E-state index contributed by atoms with van der Waals surface area (Å²) >= 11 is 0. The molecule has 8 nitrogen and oxygen atoms in total. The van der Waals surface area contributed by atoms with Crippen LogP contribution in [0.15, 0.2) is 24.7 Å². The minimum absolute atomic E-state index is 0.00545. The smallest absolute Gasteiger partial charge is 0.444 e. The zero-order valence-electron chi connectivity index (χ0n) is 20.1. The predicted octanol–water partition coefficient (Wildman–Crippen LogP) is 4.62. The molecule has 2 amide bonds. The second-order valence-electron chi connectivity index (χ2n) is 9.70. The van der Waals surface area contributed by atoms with E-state index in [9.17, 15) is 31.1 Å². The van der Waals surface area contributed by atoms with Crippen LogP contribution in [0.2, 0.25) is 0 Å². The molecule has 1 atom stereocenters. The molecule has 2 N–H and O–H groups in total. The standard InChI is InChI=1S/C22H22F6N4O2.CH3NO/c1-20(2,3)34-19(33)32-14-4-12(5-14)17(32)7-11-6-16(29-10-15(11)21(23,24)25)13-8-30-18(31-9-13)22(26,27)28;2-1-3/h6,8-10,12,14,17H,4-5,7H2,1-3H3;1H,(H2,2,3). The van der Waals surface area contributed by atoms with Gasteiger partial charge in [-0.25, -0.2) is 14.8 Å². The zero-order valence-corrected chi connectivity index (χ0v) is 20.1. The number of fused-ring (bicyclic) bond motifs is 1. The molecular weight excluding hydrogens is 508 g/mol. The fourth-order valence-electron chi connectivity index (χ4n) is 4.44. The molecule has 2 aromatic rings. The number of nitrogens with zero attached hydrogens (tertiary/aromatic N) is 4. The van der Waals surface area contributed by atoms with Gasteiger partial charge in [0.05, 0.1) is 11.3 Å². The molecule has 3 aliphatic rings. The van der Waals surface area contributed by atoms with Crippen LogP contribution in [0.4, 0.5) is 31.1 Å². The molecular formula is C23H25F6N5O3.